The van der Waals surface area contributed by atoms with E-state index in [9.17, 15) is 0 Å². The van der Waals surface area contributed by atoms with Crippen molar-refractivity contribution in [3.05, 3.63) is 28.2 Å². The lowest BCUT2D eigenvalue weighted by Crippen LogP contribution is -2.36. The average Bonchev–Trinajstić information content (AvgIpc) is 2.56. The molecule has 2 nitrogen and oxygen atoms in total. The predicted molar refractivity (Wildman–Crippen MR) is 113 cm³/mol. The first-order chi connectivity index (χ1) is 11.6. The summed E-state index contributed by atoms with van der Waals surface area (Å²) < 4.78 is 0. The van der Waals surface area contributed by atoms with Gasteiger partial charge in [0.2, 0.25) is 0 Å². The van der Waals surface area contributed by atoms with Gasteiger partial charge in [-0.1, -0.05) is 75.6 Å². The second kappa shape index (κ2) is 12.8. The fraction of sp³-hybridized carbons (Fsp3) is 0.632. The zero-order chi connectivity index (χ0) is 17.8. The molecule has 0 fully saturated rings. The van der Waals surface area contributed by atoms with Crippen molar-refractivity contribution < 1.29 is 0 Å². The molecule has 0 atom stereocenters. The normalized spacial score (nSPS) is 10.7. The Morgan fingerprint density at radius 3 is 2.08 bits per heavy atom. The van der Waals surface area contributed by atoms with Crippen molar-refractivity contribution in [2.24, 2.45) is 0 Å². The molecule has 24 heavy (non-hydrogen) atoms. The molecule has 0 saturated heterocycles. The molecule has 0 saturated carbocycles. The molecule has 0 aliphatic heterocycles. The maximum Gasteiger partial charge on any atom is 0.173 e. The number of anilines is 1. The van der Waals surface area contributed by atoms with Crippen molar-refractivity contribution in [3.63, 3.8) is 0 Å². The van der Waals surface area contributed by atoms with Gasteiger partial charge in [0, 0.05) is 18.1 Å². The molecule has 0 bridgehead atoms. The van der Waals surface area contributed by atoms with Crippen LogP contribution in [0.3, 0.4) is 0 Å². The summed E-state index contributed by atoms with van der Waals surface area (Å²) in [6.45, 7) is 6.46. The molecule has 1 aromatic carbocycles. The lowest BCUT2D eigenvalue weighted by molar-refractivity contribution is 0.391. The first-order valence-corrected chi connectivity index (χ1v) is 10.3. The highest BCUT2D eigenvalue weighted by Gasteiger charge is 2.11. The predicted octanol–water partition coefficient (Wildman–Crippen LogP) is 7.15. The number of thiocarbonyl (C=S) groups is 1. The topological polar surface area (TPSA) is 15.3 Å². The fourth-order valence-corrected chi connectivity index (χ4v) is 3.19. The summed E-state index contributed by atoms with van der Waals surface area (Å²) in [5, 5.41) is 5.31. The molecule has 1 rings (SSSR count). The van der Waals surface area contributed by atoms with Gasteiger partial charge in [0.05, 0.1) is 10.7 Å². The zero-order valence-corrected chi connectivity index (χ0v) is 17.2. The van der Waals surface area contributed by atoms with Crippen LogP contribution in [0.15, 0.2) is 18.2 Å². The van der Waals surface area contributed by atoms with Gasteiger partial charge in [0.1, 0.15) is 0 Å². The average molecular weight is 389 g/mol. The number of hydrogen-bond acceptors (Lipinski definition) is 1. The van der Waals surface area contributed by atoms with Gasteiger partial charge in [-0.25, -0.2) is 0 Å². The van der Waals surface area contributed by atoms with E-state index in [2.05, 4.69) is 24.1 Å². The van der Waals surface area contributed by atoms with Crippen LogP contribution in [-0.4, -0.2) is 23.1 Å². The molecular formula is C19H30Cl2N2S. The largest absolute Gasteiger partial charge is 0.349 e. The van der Waals surface area contributed by atoms with Gasteiger partial charge in [-0.15, -0.1) is 0 Å². The minimum absolute atomic E-state index is 0.638. The summed E-state index contributed by atoms with van der Waals surface area (Å²) in [5.74, 6) is 0. The Balaban J connectivity index is 2.61. The Morgan fingerprint density at radius 2 is 1.54 bits per heavy atom. The Bertz CT molecular complexity index is 482. The SMILES string of the molecule is CCCCCCN(CCCCCC)C(=S)Nc1cc(Cl)ccc1Cl. The minimum Gasteiger partial charge on any atom is -0.349 e. The third-order valence-corrected chi connectivity index (χ3v) is 4.95. The van der Waals surface area contributed by atoms with E-state index in [0.717, 1.165) is 23.9 Å². The lowest BCUT2D eigenvalue weighted by Gasteiger charge is -2.26. The number of benzene rings is 1. The number of halogens is 2. The van der Waals surface area contributed by atoms with Crippen molar-refractivity contribution in [1.29, 1.82) is 0 Å². The van der Waals surface area contributed by atoms with Crippen LogP contribution >= 0.6 is 35.4 Å². The fourth-order valence-electron chi connectivity index (χ4n) is 2.56. The van der Waals surface area contributed by atoms with Gasteiger partial charge in [-0.2, -0.15) is 0 Å². The Labute approximate surface area is 162 Å². The van der Waals surface area contributed by atoms with Crippen LogP contribution < -0.4 is 5.32 Å². The molecule has 1 aromatic rings. The molecule has 136 valence electrons. The lowest BCUT2D eigenvalue weighted by atomic mass is 10.2. The van der Waals surface area contributed by atoms with Gasteiger partial charge >= 0.3 is 0 Å². The van der Waals surface area contributed by atoms with Crippen LogP contribution in [0.4, 0.5) is 5.69 Å². The molecular weight excluding hydrogens is 359 g/mol. The number of hydrogen-bond donors (Lipinski definition) is 1. The van der Waals surface area contributed by atoms with Crippen LogP contribution in [-0.2, 0) is 0 Å². The van der Waals surface area contributed by atoms with Crippen molar-refractivity contribution in [1.82, 2.24) is 4.90 Å². The molecule has 0 spiro atoms. The second-order valence-corrected chi connectivity index (χ2v) is 7.39. The van der Waals surface area contributed by atoms with Crippen molar-refractivity contribution in [2.45, 2.75) is 65.2 Å². The van der Waals surface area contributed by atoms with Crippen LogP contribution in [0.25, 0.3) is 0 Å². The van der Waals surface area contributed by atoms with E-state index < -0.39 is 0 Å². The number of nitrogens with one attached hydrogen (secondary N) is 1. The molecule has 0 aliphatic carbocycles. The van der Waals surface area contributed by atoms with E-state index in [0.29, 0.717) is 10.0 Å². The van der Waals surface area contributed by atoms with Crippen LogP contribution in [0.2, 0.25) is 10.0 Å². The minimum atomic E-state index is 0.638. The van der Waals surface area contributed by atoms with Crippen LogP contribution in [0.1, 0.15) is 65.2 Å². The van der Waals surface area contributed by atoms with E-state index in [1.54, 1.807) is 12.1 Å². The highest BCUT2D eigenvalue weighted by atomic mass is 35.5. The maximum absolute atomic E-state index is 6.24. The molecule has 5 heteroatoms. The smallest absolute Gasteiger partial charge is 0.173 e. The quantitative estimate of drug-likeness (QED) is 0.319. The Kier molecular flexibility index (Phi) is 11.5. The maximum atomic E-state index is 6.24. The molecule has 0 aromatic heterocycles. The number of rotatable bonds is 11. The second-order valence-electron chi connectivity index (χ2n) is 6.16. The first kappa shape index (κ1) is 21.5. The molecule has 0 radical (unpaired) electrons. The van der Waals surface area contributed by atoms with Gasteiger partial charge in [0.15, 0.2) is 5.11 Å². The van der Waals surface area contributed by atoms with E-state index in [1.807, 2.05) is 6.07 Å². The van der Waals surface area contributed by atoms with Crippen molar-refractivity contribution in [2.75, 3.05) is 18.4 Å². The summed E-state index contributed by atoms with van der Waals surface area (Å²) >= 11 is 17.9. The van der Waals surface area contributed by atoms with Crippen LogP contribution in [0, 0.1) is 0 Å². The summed E-state index contributed by atoms with van der Waals surface area (Å²) in [6, 6.07) is 5.40. The van der Waals surface area contributed by atoms with Crippen molar-refractivity contribution in [3.8, 4) is 0 Å². The highest BCUT2D eigenvalue weighted by Crippen LogP contribution is 2.25. The molecule has 0 heterocycles. The monoisotopic (exact) mass is 388 g/mol. The van der Waals surface area contributed by atoms with E-state index in [-0.39, 0.29) is 0 Å². The summed E-state index contributed by atoms with van der Waals surface area (Å²) in [4.78, 5) is 2.28. The van der Waals surface area contributed by atoms with Gasteiger partial charge in [-0.3, -0.25) is 0 Å². The van der Waals surface area contributed by atoms with E-state index in [4.69, 9.17) is 35.4 Å². The Morgan fingerprint density at radius 1 is 0.958 bits per heavy atom. The highest BCUT2D eigenvalue weighted by molar-refractivity contribution is 7.80. The van der Waals surface area contributed by atoms with Crippen molar-refractivity contribution >= 4 is 46.2 Å². The van der Waals surface area contributed by atoms with Gasteiger partial charge in [0.25, 0.3) is 0 Å². The van der Waals surface area contributed by atoms with Gasteiger partial charge < -0.3 is 10.2 Å². The van der Waals surface area contributed by atoms with Gasteiger partial charge in [-0.05, 0) is 43.3 Å². The summed E-state index contributed by atoms with van der Waals surface area (Å²) in [6.07, 6.45) is 9.91. The summed E-state index contributed by atoms with van der Waals surface area (Å²) in [7, 11) is 0. The number of nitrogens with zero attached hydrogens (tertiary/aromatic N) is 1. The summed E-state index contributed by atoms with van der Waals surface area (Å²) in [5.41, 5.74) is 0.779. The third-order valence-electron chi connectivity index (χ3n) is 4.02. The van der Waals surface area contributed by atoms with E-state index >= 15 is 0 Å². The van der Waals surface area contributed by atoms with E-state index in [1.165, 1.54) is 51.4 Å². The molecule has 0 amide bonds. The molecule has 0 unspecified atom stereocenters. The number of unbranched alkanes of at least 4 members (excludes halogenated alkanes) is 6. The molecule has 1 N–H and O–H groups in total. The third kappa shape index (κ3) is 8.55. The Hall–Kier alpha value is -0.510. The zero-order valence-electron chi connectivity index (χ0n) is 14.9. The molecule has 0 aliphatic rings. The standard InChI is InChI=1S/C19H30Cl2N2S/c1-3-5-7-9-13-23(14-10-8-6-4-2)19(24)22-18-15-16(20)11-12-17(18)21/h11-12,15H,3-10,13-14H2,1-2H3,(H,22,24). The first-order valence-electron chi connectivity index (χ1n) is 9.09. The van der Waals surface area contributed by atoms with Crippen LogP contribution in [0.5, 0.6) is 0 Å².